The Labute approximate surface area is 167 Å². The minimum absolute atomic E-state index is 1.19. The molecular weight excluding hydrogens is 312 g/mol. The van der Waals surface area contributed by atoms with Crippen LogP contribution >= 0.6 is 0 Å². The van der Waals surface area contributed by atoms with E-state index in [-0.39, 0.29) is 0 Å². The van der Waals surface area contributed by atoms with E-state index in [9.17, 15) is 0 Å². The number of hydrogen-bond acceptors (Lipinski definition) is 0. The molecule has 0 nitrogen and oxygen atoms in total. The second-order valence-electron chi connectivity index (χ2n) is 8.39. The summed E-state index contributed by atoms with van der Waals surface area (Å²) >= 11 is 0. The van der Waals surface area contributed by atoms with Crippen molar-refractivity contribution in [3.63, 3.8) is 0 Å². The average molecular weight is 365 g/mol. The van der Waals surface area contributed by atoms with Gasteiger partial charge < -0.3 is 0 Å². The van der Waals surface area contributed by atoms with Gasteiger partial charge in [0, 0.05) is 0 Å². The normalized spacial score (nSPS) is 11.6. The molecule has 156 valence electrons. The molecular formula is C26H52. The molecule has 0 rings (SSSR count). The molecule has 0 aromatic carbocycles. The lowest BCUT2D eigenvalue weighted by Crippen LogP contribution is -1.84. The van der Waals surface area contributed by atoms with Gasteiger partial charge in [0.2, 0.25) is 0 Å². The summed E-state index contributed by atoms with van der Waals surface area (Å²) in [6.07, 6.45) is 36.5. The summed E-state index contributed by atoms with van der Waals surface area (Å²) in [6, 6.07) is 0. The van der Waals surface area contributed by atoms with Crippen molar-refractivity contribution < 1.29 is 0 Å². The third kappa shape index (κ3) is 23.7. The smallest absolute Gasteiger partial charge is 0.0351 e. The average Bonchev–Trinajstić information content (AvgIpc) is 2.66. The van der Waals surface area contributed by atoms with Crippen LogP contribution in [0.2, 0.25) is 0 Å². The van der Waals surface area contributed by atoms with Crippen LogP contribution in [0.15, 0.2) is 12.2 Å². The van der Waals surface area contributed by atoms with E-state index in [0.717, 1.165) is 0 Å². The largest absolute Gasteiger partial charge is 0.0888 e. The SMILES string of the molecule is CC/C=C/CCCCCCCCCCCCCCCCCCCCCC. The molecule has 0 N–H and O–H groups in total. The van der Waals surface area contributed by atoms with Crippen molar-refractivity contribution in [2.24, 2.45) is 0 Å². The van der Waals surface area contributed by atoms with Crippen LogP contribution in [0.3, 0.4) is 0 Å². The lowest BCUT2D eigenvalue weighted by Gasteiger charge is -2.04. The van der Waals surface area contributed by atoms with Gasteiger partial charge in [0.25, 0.3) is 0 Å². The van der Waals surface area contributed by atoms with E-state index in [1.54, 1.807) is 0 Å². The summed E-state index contributed by atoms with van der Waals surface area (Å²) in [4.78, 5) is 0. The first kappa shape index (κ1) is 25.7. The molecule has 0 aliphatic heterocycles. The van der Waals surface area contributed by atoms with Crippen LogP contribution in [0, 0.1) is 0 Å². The zero-order valence-electron chi connectivity index (χ0n) is 18.7. The van der Waals surface area contributed by atoms with Crippen molar-refractivity contribution in [3.8, 4) is 0 Å². The van der Waals surface area contributed by atoms with Gasteiger partial charge in [-0.3, -0.25) is 0 Å². The van der Waals surface area contributed by atoms with Gasteiger partial charge in [0.05, 0.1) is 0 Å². The van der Waals surface area contributed by atoms with E-state index in [1.165, 1.54) is 141 Å². The Balaban J connectivity index is 2.98. The molecule has 0 fully saturated rings. The van der Waals surface area contributed by atoms with Crippen molar-refractivity contribution >= 4 is 0 Å². The maximum Gasteiger partial charge on any atom is -0.0351 e. The second kappa shape index (κ2) is 24.7. The zero-order valence-corrected chi connectivity index (χ0v) is 18.7. The van der Waals surface area contributed by atoms with Crippen molar-refractivity contribution in [1.82, 2.24) is 0 Å². The molecule has 0 heterocycles. The summed E-state index contributed by atoms with van der Waals surface area (Å²) in [5.41, 5.74) is 0. The molecule has 0 aliphatic rings. The highest BCUT2D eigenvalue weighted by Gasteiger charge is 1.95. The van der Waals surface area contributed by atoms with Crippen LogP contribution in [0.4, 0.5) is 0 Å². The van der Waals surface area contributed by atoms with E-state index in [0.29, 0.717) is 0 Å². The topological polar surface area (TPSA) is 0 Å². The number of hydrogen-bond donors (Lipinski definition) is 0. The molecule has 0 bridgehead atoms. The molecule has 0 radical (unpaired) electrons. The van der Waals surface area contributed by atoms with Crippen molar-refractivity contribution in [2.45, 2.75) is 155 Å². The Hall–Kier alpha value is -0.260. The van der Waals surface area contributed by atoms with Crippen LogP contribution < -0.4 is 0 Å². The highest BCUT2D eigenvalue weighted by molar-refractivity contribution is 4.79. The van der Waals surface area contributed by atoms with E-state index in [2.05, 4.69) is 26.0 Å². The van der Waals surface area contributed by atoms with Gasteiger partial charge in [-0.2, -0.15) is 0 Å². The van der Waals surface area contributed by atoms with Crippen LogP contribution in [0.1, 0.15) is 155 Å². The monoisotopic (exact) mass is 364 g/mol. The van der Waals surface area contributed by atoms with Gasteiger partial charge in [0.1, 0.15) is 0 Å². The standard InChI is InChI=1S/C26H52/c1-3-5-7-9-11-13-15-17-19-21-23-25-26-24-22-20-18-16-14-12-10-8-6-4-2/h5,7H,3-4,6,8-26H2,1-2H3/b7-5+. The Kier molecular flexibility index (Phi) is 24.5. The van der Waals surface area contributed by atoms with Crippen molar-refractivity contribution in [2.75, 3.05) is 0 Å². The first-order valence-electron chi connectivity index (χ1n) is 12.6. The van der Waals surface area contributed by atoms with Gasteiger partial charge in [-0.15, -0.1) is 0 Å². The number of unbranched alkanes of at least 4 members (excludes halogenated alkanes) is 20. The second-order valence-corrected chi connectivity index (χ2v) is 8.39. The highest BCUT2D eigenvalue weighted by Crippen LogP contribution is 2.15. The molecule has 0 aliphatic carbocycles. The summed E-state index contributed by atoms with van der Waals surface area (Å²) < 4.78 is 0. The van der Waals surface area contributed by atoms with E-state index >= 15 is 0 Å². The molecule has 0 aromatic heterocycles. The summed E-state index contributed by atoms with van der Waals surface area (Å²) in [6.45, 7) is 4.52. The highest BCUT2D eigenvalue weighted by atomic mass is 14.0. The molecule has 0 aromatic rings. The minimum atomic E-state index is 1.19. The van der Waals surface area contributed by atoms with Crippen molar-refractivity contribution in [3.05, 3.63) is 12.2 Å². The predicted molar refractivity (Wildman–Crippen MR) is 122 cm³/mol. The first-order valence-corrected chi connectivity index (χ1v) is 12.6. The molecule has 0 saturated carbocycles. The molecule has 0 atom stereocenters. The summed E-state index contributed by atoms with van der Waals surface area (Å²) in [7, 11) is 0. The molecule has 26 heavy (non-hydrogen) atoms. The number of allylic oxidation sites excluding steroid dienone is 2. The molecule has 0 unspecified atom stereocenters. The fourth-order valence-electron chi connectivity index (χ4n) is 3.80. The lowest BCUT2D eigenvalue weighted by atomic mass is 10.0. The van der Waals surface area contributed by atoms with E-state index < -0.39 is 0 Å². The Morgan fingerprint density at radius 3 is 0.962 bits per heavy atom. The fourth-order valence-corrected chi connectivity index (χ4v) is 3.80. The number of rotatable bonds is 22. The molecule has 0 saturated heterocycles. The Morgan fingerprint density at radius 2 is 0.654 bits per heavy atom. The van der Waals surface area contributed by atoms with Gasteiger partial charge >= 0.3 is 0 Å². The zero-order chi connectivity index (χ0) is 19.0. The minimum Gasteiger partial charge on any atom is -0.0888 e. The first-order chi connectivity index (χ1) is 12.9. The Bertz CT molecular complexity index is 253. The third-order valence-electron chi connectivity index (χ3n) is 5.63. The van der Waals surface area contributed by atoms with E-state index in [1.807, 2.05) is 0 Å². The Morgan fingerprint density at radius 1 is 0.346 bits per heavy atom. The summed E-state index contributed by atoms with van der Waals surface area (Å²) in [5.74, 6) is 0. The molecule has 0 amide bonds. The van der Waals surface area contributed by atoms with Crippen LogP contribution in [-0.2, 0) is 0 Å². The quantitative estimate of drug-likeness (QED) is 0.132. The molecule has 0 heteroatoms. The van der Waals surface area contributed by atoms with E-state index in [4.69, 9.17) is 0 Å². The molecule has 0 spiro atoms. The maximum atomic E-state index is 2.36. The third-order valence-corrected chi connectivity index (χ3v) is 5.63. The van der Waals surface area contributed by atoms with Crippen LogP contribution in [-0.4, -0.2) is 0 Å². The van der Waals surface area contributed by atoms with Crippen LogP contribution in [0.25, 0.3) is 0 Å². The van der Waals surface area contributed by atoms with Crippen molar-refractivity contribution in [1.29, 1.82) is 0 Å². The van der Waals surface area contributed by atoms with Gasteiger partial charge in [-0.25, -0.2) is 0 Å². The van der Waals surface area contributed by atoms with Crippen LogP contribution in [0.5, 0.6) is 0 Å². The summed E-state index contributed by atoms with van der Waals surface area (Å²) in [5, 5.41) is 0. The van der Waals surface area contributed by atoms with Gasteiger partial charge in [-0.1, -0.05) is 148 Å². The lowest BCUT2D eigenvalue weighted by molar-refractivity contribution is 0.522. The fraction of sp³-hybridized carbons (Fsp3) is 0.923. The predicted octanol–water partition coefficient (Wildman–Crippen LogP) is 10.2. The van der Waals surface area contributed by atoms with Gasteiger partial charge in [0.15, 0.2) is 0 Å². The van der Waals surface area contributed by atoms with Gasteiger partial charge in [-0.05, 0) is 19.3 Å². The maximum absolute atomic E-state index is 2.36.